The summed E-state index contributed by atoms with van der Waals surface area (Å²) in [5.41, 5.74) is 2.64. The Balaban J connectivity index is 1.51. The van der Waals surface area contributed by atoms with E-state index in [1.165, 1.54) is 17.9 Å². The van der Waals surface area contributed by atoms with E-state index in [0.29, 0.717) is 29.2 Å². The van der Waals surface area contributed by atoms with Crippen molar-refractivity contribution in [2.24, 2.45) is 0 Å². The van der Waals surface area contributed by atoms with E-state index in [-0.39, 0.29) is 28.6 Å². The van der Waals surface area contributed by atoms with E-state index in [9.17, 15) is 9.59 Å². The number of carbonyl (C=O) groups excluding carboxylic acids is 2. The van der Waals surface area contributed by atoms with Crippen LogP contribution in [0.3, 0.4) is 0 Å². The fraction of sp³-hybridized carbons (Fsp3) is 0.273. The van der Waals surface area contributed by atoms with Gasteiger partial charge in [-0.2, -0.15) is 15.2 Å². The number of hydrogen-bond acceptors (Lipinski definition) is 7. The maximum Gasteiger partial charge on any atom is 0.242 e. The molecule has 0 spiro atoms. The van der Waals surface area contributed by atoms with Crippen LogP contribution >= 0.6 is 11.6 Å². The van der Waals surface area contributed by atoms with Crippen molar-refractivity contribution >= 4 is 35.3 Å². The van der Waals surface area contributed by atoms with E-state index in [1.54, 1.807) is 35.2 Å². The fourth-order valence-corrected chi connectivity index (χ4v) is 4.65. The minimum atomic E-state index is -0.479. The van der Waals surface area contributed by atoms with Crippen molar-refractivity contribution in [1.29, 1.82) is 0 Å². The van der Waals surface area contributed by atoms with Gasteiger partial charge in [-0.1, -0.05) is 25.4 Å². The molecule has 4 heterocycles. The summed E-state index contributed by atoms with van der Waals surface area (Å²) in [7, 11) is 1.44. The van der Waals surface area contributed by atoms with Gasteiger partial charge in [0.25, 0.3) is 0 Å². The van der Waals surface area contributed by atoms with E-state index in [0.717, 1.165) is 11.3 Å². The second kappa shape index (κ2) is 7.66. The molecule has 1 aliphatic rings. The third-order valence-corrected chi connectivity index (χ3v) is 6.01. The summed E-state index contributed by atoms with van der Waals surface area (Å²) in [5.74, 6) is -0.370. The molecule has 1 amide bonds. The maximum atomic E-state index is 13.3. The van der Waals surface area contributed by atoms with Crippen molar-refractivity contribution in [2.45, 2.75) is 31.6 Å². The number of anilines is 1. The normalized spacial score (nSPS) is 16.5. The number of nitrogens with one attached hydrogen (secondary N) is 1. The van der Waals surface area contributed by atoms with Gasteiger partial charge in [0.05, 0.1) is 18.7 Å². The molecular weight excluding hydrogens is 446 g/mol. The summed E-state index contributed by atoms with van der Waals surface area (Å²) in [6, 6.07) is 4.91. The van der Waals surface area contributed by atoms with Crippen molar-refractivity contribution in [3.63, 3.8) is 0 Å². The SMILES string of the molecule is COc1nc(NC(=O)C2CC(C)(C)c3c2cnc2cc(Cl)nn32)cc(C=O)c1-n1cccn1. The Morgan fingerprint density at radius 3 is 2.88 bits per heavy atom. The molecule has 0 saturated carbocycles. The molecule has 168 valence electrons. The minimum absolute atomic E-state index is 0.167. The molecule has 1 aliphatic carbocycles. The molecule has 0 fully saturated rings. The Morgan fingerprint density at radius 2 is 2.18 bits per heavy atom. The Hall–Kier alpha value is -3.79. The number of fused-ring (bicyclic) bond motifs is 3. The number of methoxy groups -OCH3 is 1. The molecule has 0 aliphatic heterocycles. The Kier molecular flexibility index (Phi) is 4.89. The van der Waals surface area contributed by atoms with Gasteiger partial charge in [0.15, 0.2) is 17.1 Å². The number of rotatable bonds is 5. The number of aromatic nitrogens is 6. The summed E-state index contributed by atoms with van der Waals surface area (Å²) < 4.78 is 8.58. The highest BCUT2D eigenvalue weighted by Crippen LogP contribution is 2.46. The first kappa shape index (κ1) is 21.1. The summed E-state index contributed by atoms with van der Waals surface area (Å²) in [5, 5.41) is 11.7. The molecule has 10 nitrogen and oxygen atoms in total. The summed E-state index contributed by atoms with van der Waals surface area (Å²) in [6.07, 6.45) is 6.19. The van der Waals surface area contributed by atoms with E-state index >= 15 is 0 Å². The molecule has 33 heavy (non-hydrogen) atoms. The molecule has 1 N–H and O–H groups in total. The Bertz CT molecular complexity index is 1400. The minimum Gasteiger partial charge on any atom is -0.479 e. The highest BCUT2D eigenvalue weighted by Gasteiger charge is 2.43. The van der Waals surface area contributed by atoms with Gasteiger partial charge in [0.1, 0.15) is 11.5 Å². The van der Waals surface area contributed by atoms with Crippen molar-refractivity contribution in [3.8, 4) is 11.6 Å². The van der Waals surface area contributed by atoms with Crippen molar-refractivity contribution in [3.05, 3.63) is 58.8 Å². The lowest BCUT2D eigenvalue weighted by Gasteiger charge is -2.19. The quantitative estimate of drug-likeness (QED) is 0.450. The molecule has 0 bridgehead atoms. The summed E-state index contributed by atoms with van der Waals surface area (Å²) in [4.78, 5) is 33.9. The Morgan fingerprint density at radius 1 is 1.36 bits per heavy atom. The van der Waals surface area contributed by atoms with Crippen molar-refractivity contribution in [2.75, 3.05) is 12.4 Å². The van der Waals surface area contributed by atoms with Gasteiger partial charge in [-0.3, -0.25) is 9.59 Å². The smallest absolute Gasteiger partial charge is 0.242 e. The zero-order chi connectivity index (χ0) is 23.3. The monoisotopic (exact) mass is 465 g/mol. The molecule has 5 rings (SSSR count). The number of halogens is 1. The lowest BCUT2D eigenvalue weighted by atomic mass is 9.88. The molecule has 1 atom stereocenters. The molecule has 4 aromatic heterocycles. The largest absolute Gasteiger partial charge is 0.479 e. The van der Waals surface area contributed by atoms with Gasteiger partial charge in [0, 0.05) is 41.2 Å². The number of amides is 1. The average Bonchev–Trinajstić information content (AvgIpc) is 3.50. The second-order valence-corrected chi connectivity index (χ2v) is 8.84. The topological polar surface area (TPSA) is 116 Å². The zero-order valence-electron chi connectivity index (χ0n) is 18.1. The van der Waals surface area contributed by atoms with Crippen LogP contribution in [0.1, 0.15) is 47.8 Å². The van der Waals surface area contributed by atoms with Crippen molar-refractivity contribution < 1.29 is 14.3 Å². The van der Waals surface area contributed by atoms with Crippen LogP contribution in [0.2, 0.25) is 5.15 Å². The van der Waals surface area contributed by atoms with Gasteiger partial charge < -0.3 is 10.1 Å². The van der Waals surface area contributed by atoms with Crippen LogP contribution in [0, 0.1) is 0 Å². The fourth-order valence-electron chi connectivity index (χ4n) is 4.48. The van der Waals surface area contributed by atoms with Gasteiger partial charge >= 0.3 is 0 Å². The predicted molar refractivity (Wildman–Crippen MR) is 120 cm³/mol. The van der Waals surface area contributed by atoms with Crippen LogP contribution in [0.15, 0.2) is 36.8 Å². The summed E-state index contributed by atoms with van der Waals surface area (Å²) in [6.45, 7) is 4.11. The zero-order valence-corrected chi connectivity index (χ0v) is 18.9. The number of hydrogen-bond donors (Lipinski definition) is 1. The number of ether oxygens (including phenoxy) is 1. The standard InChI is InChI=1S/C22H20ClN7O3/c1-22(2)9-13(14-10-24-17-8-15(23)28-30(17)19(14)22)20(32)26-16-7-12(11-31)18(21(27-16)33-3)29-6-4-5-25-29/h4-8,10-11,13H,9H2,1-3H3,(H,26,27,32). The van der Waals surface area contributed by atoms with Crippen LogP contribution in [-0.2, 0) is 10.2 Å². The average molecular weight is 466 g/mol. The molecule has 0 aromatic carbocycles. The van der Waals surface area contributed by atoms with Crippen LogP contribution in [0.5, 0.6) is 5.88 Å². The highest BCUT2D eigenvalue weighted by molar-refractivity contribution is 6.29. The van der Waals surface area contributed by atoms with Crippen LogP contribution in [0.25, 0.3) is 11.3 Å². The molecular formula is C22H20ClN7O3. The highest BCUT2D eigenvalue weighted by atomic mass is 35.5. The van der Waals surface area contributed by atoms with Gasteiger partial charge in [0.2, 0.25) is 11.8 Å². The number of pyridine rings is 1. The molecule has 11 heteroatoms. The number of nitrogens with zero attached hydrogens (tertiary/aromatic N) is 6. The number of aldehydes is 1. The van der Waals surface area contributed by atoms with Crippen LogP contribution < -0.4 is 10.1 Å². The van der Waals surface area contributed by atoms with Gasteiger partial charge in [-0.05, 0) is 18.6 Å². The van der Waals surface area contributed by atoms with Crippen LogP contribution in [0.4, 0.5) is 5.82 Å². The molecule has 0 radical (unpaired) electrons. The molecule has 0 saturated heterocycles. The van der Waals surface area contributed by atoms with Crippen molar-refractivity contribution in [1.82, 2.24) is 29.4 Å². The lowest BCUT2D eigenvalue weighted by molar-refractivity contribution is -0.117. The summed E-state index contributed by atoms with van der Waals surface area (Å²) >= 11 is 6.08. The molecule has 1 unspecified atom stereocenters. The van der Waals surface area contributed by atoms with E-state index < -0.39 is 5.92 Å². The third-order valence-electron chi connectivity index (χ3n) is 5.82. The second-order valence-electron chi connectivity index (χ2n) is 8.45. The van der Waals surface area contributed by atoms with E-state index in [4.69, 9.17) is 16.3 Å². The lowest BCUT2D eigenvalue weighted by Crippen LogP contribution is -2.22. The first-order valence-corrected chi connectivity index (χ1v) is 10.6. The molecule has 4 aromatic rings. The predicted octanol–water partition coefficient (Wildman–Crippen LogP) is 3.19. The van der Waals surface area contributed by atoms with Gasteiger partial charge in [-0.25, -0.2) is 14.2 Å². The van der Waals surface area contributed by atoms with Crippen LogP contribution in [-0.4, -0.2) is 48.7 Å². The first-order valence-electron chi connectivity index (χ1n) is 10.2. The first-order chi connectivity index (χ1) is 15.8. The van der Waals surface area contributed by atoms with E-state index in [2.05, 4.69) is 39.3 Å². The van der Waals surface area contributed by atoms with Gasteiger partial charge in [-0.15, -0.1) is 0 Å². The third kappa shape index (κ3) is 3.43. The maximum absolute atomic E-state index is 13.3. The number of carbonyl (C=O) groups is 2. The van der Waals surface area contributed by atoms with E-state index in [1.807, 2.05) is 0 Å². The Labute approximate surface area is 193 Å².